The molecule has 0 aromatic heterocycles. The van der Waals surface area contributed by atoms with Crippen LogP contribution in [0.15, 0.2) is 24.3 Å². The van der Waals surface area contributed by atoms with E-state index in [1.807, 2.05) is 0 Å². The molecule has 0 aliphatic carbocycles. The second kappa shape index (κ2) is 8.46. The van der Waals surface area contributed by atoms with Crippen molar-refractivity contribution >= 4 is 33.6 Å². The summed E-state index contributed by atoms with van der Waals surface area (Å²) in [5, 5.41) is 1.43. The second-order valence-corrected chi connectivity index (χ2v) is 3.53. The average molecular weight is 282 g/mol. The van der Waals surface area contributed by atoms with Crippen LogP contribution in [0, 0.1) is 0 Å². The summed E-state index contributed by atoms with van der Waals surface area (Å²) in [7, 11) is -5.17. The van der Waals surface area contributed by atoms with Gasteiger partial charge in [0.05, 0.1) is 0 Å². The van der Waals surface area contributed by atoms with Crippen LogP contribution >= 0.6 is 23.2 Å². The van der Waals surface area contributed by atoms with Gasteiger partial charge in [-0.25, -0.2) is 0 Å². The van der Waals surface area contributed by atoms with E-state index in [0.29, 0.717) is 0 Å². The summed E-state index contributed by atoms with van der Waals surface area (Å²) in [4.78, 5) is 0. The summed E-state index contributed by atoms with van der Waals surface area (Å²) >= 11 is 11.1. The largest absolute Gasteiger partial charge is 1.00 e. The van der Waals surface area contributed by atoms with Crippen LogP contribution in [0.3, 0.4) is 0 Å². The van der Waals surface area contributed by atoms with E-state index in [4.69, 9.17) is 40.7 Å². The third-order valence-electron chi connectivity index (χ3n) is 0.804. The van der Waals surface area contributed by atoms with E-state index >= 15 is 0 Å². The summed E-state index contributed by atoms with van der Waals surface area (Å²) in [6.45, 7) is 0. The van der Waals surface area contributed by atoms with Crippen LogP contribution in [0.4, 0.5) is 0 Å². The molecule has 0 fully saturated rings. The molecule has 74 valence electrons. The SMILES string of the molecule is Clc1ccc(Cl)cc1.O=S(=O)([O-])[O-].[K+]. The van der Waals surface area contributed by atoms with Gasteiger partial charge >= 0.3 is 51.4 Å². The predicted octanol–water partition coefficient (Wildman–Crippen LogP) is -1.34. The van der Waals surface area contributed by atoms with Crippen LogP contribution < -0.4 is 51.4 Å². The Balaban J connectivity index is 0. The van der Waals surface area contributed by atoms with Gasteiger partial charge in [0.2, 0.25) is 0 Å². The Morgan fingerprint density at radius 1 is 0.929 bits per heavy atom. The van der Waals surface area contributed by atoms with Gasteiger partial charge in [-0.05, 0) is 24.3 Å². The molecule has 0 amide bonds. The molecular formula is C6H4Cl2KO4S-. The van der Waals surface area contributed by atoms with Gasteiger partial charge in [-0.2, -0.15) is 0 Å². The van der Waals surface area contributed by atoms with Crippen molar-refractivity contribution < 1.29 is 68.9 Å². The van der Waals surface area contributed by atoms with Gasteiger partial charge in [0.15, 0.2) is 0 Å². The second-order valence-electron chi connectivity index (χ2n) is 1.84. The van der Waals surface area contributed by atoms with Crippen molar-refractivity contribution in [3.05, 3.63) is 34.3 Å². The van der Waals surface area contributed by atoms with E-state index in [-0.39, 0.29) is 51.4 Å². The first-order chi connectivity index (χ1) is 5.79. The van der Waals surface area contributed by atoms with E-state index in [1.54, 1.807) is 24.3 Å². The number of hydrogen-bond acceptors (Lipinski definition) is 4. The van der Waals surface area contributed by atoms with Crippen LogP contribution in [-0.2, 0) is 10.4 Å². The molecule has 1 aromatic carbocycles. The Kier molecular flexibility index (Phi) is 10.7. The van der Waals surface area contributed by atoms with Crippen molar-refractivity contribution in [2.75, 3.05) is 0 Å². The molecule has 1 aromatic rings. The fourth-order valence-electron chi connectivity index (χ4n) is 0.430. The van der Waals surface area contributed by atoms with Crippen molar-refractivity contribution in [1.82, 2.24) is 0 Å². The minimum absolute atomic E-state index is 0. The number of halogens is 2. The van der Waals surface area contributed by atoms with E-state index < -0.39 is 10.4 Å². The van der Waals surface area contributed by atoms with Crippen LogP contribution in [0.1, 0.15) is 0 Å². The molecule has 0 saturated carbocycles. The maximum Gasteiger partial charge on any atom is 1.00 e. The Morgan fingerprint density at radius 2 is 1.07 bits per heavy atom. The minimum atomic E-state index is -5.17. The normalized spacial score (nSPS) is 9.43. The standard InChI is InChI=1S/C6H4Cl2.K.H2O4S/c7-5-1-2-6(8)4-3-5;;1-5(2,3)4/h1-4H;;(H2,1,2,3,4)/q;+1;/p-2. The number of benzene rings is 1. The fraction of sp³-hybridized carbons (Fsp3) is 0. The number of hydrogen-bond donors (Lipinski definition) is 0. The van der Waals surface area contributed by atoms with Crippen LogP contribution in [0.2, 0.25) is 10.0 Å². The van der Waals surface area contributed by atoms with Gasteiger partial charge in [-0.1, -0.05) is 23.2 Å². The Morgan fingerprint density at radius 3 is 1.21 bits per heavy atom. The van der Waals surface area contributed by atoms with Crippen LogP contribution in [-0.4, -0.2) is 17.5 Å². The average Bonchev–Trinajstić information content (AvgIpc) is 1.92. The molecule has 0 radical (unpaired) electrons. The minimum Gasteiger partial charge on any atom is -0.759 e. The zero-order chi connectivity index (χ0) is 10.5. The molecule has 0 saturated heterocycles. The smallest absolute Gasteiger partial charge is 0.759 e. The van der Waals surface area contributed by atoms with Gasteiger partial charge in [0.25, 0.3) is 0 Å². The van der Waals surface area contributed by atoms with Crippen molar-refractivity contribution in [3.63, 3.8) is 0 Å². The summed E-state index contributed by atoms with van der Waals surface area (Å²) < 4.78 is 34.1. The Hall–Kier alpha value is 1.31. The molecule has 0 unspecified atom stereocenters. The molecule has 0 aliphatic rings. The van der Waals surface area contributed by atoms with Crippen LogP contribution in [0.25, 0.3) is 0 Å². The first kappa shape index (κ1) is 17.7. The topological polar surface area (TPSA) is 80.3 Å². The van der Waals surface area contributed by atoms with Crippen molar-refractivity contribution in [2.45, 2.75) is 0 Å². The zero-order valence-electron chi connectivity index (χ0n) is 7.11. The number of rotatable bonds is 0. The first-order valence-corrected chi connectivity index (χ1v) is 4.96. The Bertz CT molecular complexity index is 322. The van der Waals surface area contributed by atoms with E-state index in [0.717, 1.165) is 10.0 Å². The predicted molar refractivity (Wildman–Crippen MR) is 46.9 cm³/mol. The van der Waals surface area contributed by atoms with Crippen molar-refractivity contribution in [3.8, 4) is 0 Å². The Labute approximate surface area is 135 Å². The molecule has 4 nitrogen and oxygen atoms in total. The van der Waals surface area contributed by atoms with E-state index in [2.05, 4.69) is 0 Å². The fourth-order valence-corrected chi connectivity index (χ4v) is 0.682. The molecule has 1 rings (SSSR count). The summed E-state index contributed by atoms with van der Waals surface area (Å²) in [5.41, 5.74) is 0. The summed E-state index contributed by atoms with van der Waals surface area (Å²) in [5.74, 6) is 0. The van der Waals surface area contributed by atoms with Gasteiger partial charge in [-0.15, -0.1) is 0 Å². The molecule has 0 bridgehead atoms. The van der Waals surface area contributed by atoms with Gasteiger partial charge in [0, 0.05) is 20.4 Å². The molecule has 0 spiro atoms. The molecule has 0 atom stereocenters. The molecule has 0 aliphatic heterocycles. The molecule has 8 heteroatoms. The molecule has 14 heavy (non-hydrogen) atoms. The van der Waals surface area contributed by atoms with E-state index in [1.165, 1.54) is 0 Å². The van der Waals surface area contributed by atoms with Gasteiger partial charge in [-0.3, -0.25) is 8.42 Å². The van der Waals surface area contributed by atoms with Gasteiger partial charge in [0.1, 0.15) is 0 Å². The molecule has 0 heterocycles. The zero-order valence-corrected chi connectivity index (χ0v) is 12.6. The van der Waals surface area contributed by atoms with Crippen molar-refractivity contribution in [2.24, 2.45) is 0 Å². The van der Waals surface area contributed by atoms with Crippen LogP contribution in [0.5, 0.6) is 0 Å². The third-order valence-corrected chi connectivity index (χ3v) is 1.31. The monoisotopic (exact) mass is 281 g/mol. The van der Waals surface area contributed by atoms with Gasteiger partial charge < -0.3 is 9.11 Å². The third kappa shape index (κ3) is 15.8. The molecule has 0 N–H and O–H groups in total. The maximum absolute atomic E-state index is 8.52. The van der Waals surface area contributed by atoms with E-state index in [9.17, 15) is 0 Å². The summed E-state index contributed by atoms with van der Waals surface area (Å²) in [6.07, 6.45) is 0. The maximum atomic E-state index is 8.52. The first-order valence-electron chi connectivity index (χ1n) is 2.87. The van der Waals surface area contributed by atoms with Crippen molar-refractivity contribution in [1.29, 1.82) is 0 Å². The summed E-state index contributed by atoms with van der Waals surface area (Å²) in [6, 6.07) is 7.02. The quantitative estimate of drug-likeness (QED) is 0.335. The molecular weight excluding hydrogens is 278 g/mol.